The Morgan fingerprint density at radius 2 is 2.26 bits per heavy atom. The molecule has 6 heteroatoms. The lowest BCUT2D eigenvalue weighted by atomic mass is 10.1. The largest absolute Gasteiger partial charge is 0.496 e. The number of hydrogen-bond acceptors (Lipinski definition) is 4. The van der Waals surface area contributed by atoms with E-state index in [1.54, 1.807) is 7.11 Å². The maximum absolute atomic E-state index is 11.8. The Morgan fingerprint density at radius 1 is 1.47 bits per heavy atom. The minimum atomic E-state index is -0.235. The number of H-pyrrole nitrogens is 1. The van der Waals surface area contributed by atoms with E-state index in [0.717, 1.165) is 11.3 Å². The number of para-hydroxylation sites is 1. The van der Waals surface area contributed by atoms with Crippen molar-refractivity contribution >= 4 is 11.7 Å². The Morgan fingerprint density at radius 3 is 2.95 bits per heavy atom. The number of ether oxygens (including phenoxy) is 1. The number of carbonyl (C=O) groups is 1. The Balaban J connectivity index is 1.90. The first-order valence-electron chi connectivity index (χ1n) is 5.91. The van der Waals surface area contributed by atoms with Crippen LogP contribution in [0.25, 0.3) is 0 Å². The van der Waals surface area contributed by atoms with E-state index in [9.17, 15) is 4.79 Å². The van der Waals surface area contributed by atoms with E-state index >= 15 is 0 Å². The summed E-state index contributed by atoms with van der Waals surface area (Å²) < 4.78 is 5.25. The lowest BCUT2D eigenvalue weighted by molar-refractivity contribution is 0.0955. The predicted molar refractivity (Wildman–Crippen MR) is 72.0 cm³/mol. The summed E-state index contributed by atoms with van der Waals surface area (Å²) >= 11 is 0. The zero-order chi connectivity index (χ0) is 13.7. The minimum absolute atomic E-state index is 0.235. The van der Waals surface area contributed by atoms with Crippen LogP contribution in [0.15, 0.2) is 30.5 Å². The molecule has 100 valence electrons. The number of nitrogen functional groups attached to an aromatic ring is 1. The highest BCUT2D eigenvalue weighted by Gasteiger charge is 2.11. The number of nitrogens with one attached hydrogen (secondary N) is 2. The lowest BCUT2D eigenvalue weighted by Gasteiger charge is -2.08. The molecule has 0 spiro atoms. The molecule has 4 N–H and O–H groups in total. The fraction of sp³-hybridized carbons (Fsp3) is 0.231. The van der Waals surface area contributed by atoms with Gasteiger partial charge in [0.05, 0.1) is 13.3 Å². The van der Waals surface area contributed by atoms with Crippen LogP contribution >= 0.6 is 0 Å². The molecule has 0 fully saturated rings. The molecule has 1 amide bonds. The Hall–Kier alpha value is -2.50. The molecule has 6 nitrogen and oxygen atoms in total. The van der Waals surface area contributed by atoms with Crippen molar-refractivity contribution < 1.29 is 9.53 Å². The first-order valence-corrected chi connectivity index (χ1v) is 5.91. The number of aromatic nitrogens is 2. The van der Waals surface area contributed by atoms with Crippen LogP contribution in [0.4, 0.5) is 5.82 Å². The Labute approximate surface area is 111 Å². The predicted octanol–water partition coefficient (Wildman–Crippen LogP) is 0.973. The number of methoxy groups -OCH3 is 1. The van der Waals surface area contributed by atoms with Crippen LogP contribution in [0.2, 0.25) is 0 Å². The van der Waals surface area contributed by atoms with Gasteiger partial charge in [0.2, 0.25) is 0 Å². The molecule has 0 radical (unpaired) electrons. The highest BCUT2D eigenvalue weighted by Crippen LogP contribution is 2.17. The summed E-state index contributed by atoms with van der Waals surface area (Å²) in [7, 11) is 1.63. The molecule has 0 saturated heterocycles. The molecule has 0 saturated carbocycles. The fourth-order valence-electron chi connectivity index (χ4n) is 1.79. The van der Waals surface area contributed by atoms with Crippen molar-refractivity contribution in [2.75, 3.05) is 19.4 Å². The minimum Gasteiger partial charge on any atom is -0.496 e. The third kappa shape index (κ3) is 3.04. The van der Waals surface area contributed by atoms with Gasteiger partial charge in [0.25, 0.3) is 5.91 Å². The van der Waals surface area contributed by atoms with Gasteiger partial charge in [-0.2, -0.15) is 5.10 Å². The first kappa shape index (κ1) is 12.9. The van der Waals surface area contributed by atoms with Crippen molar-refractivity contribution in [3.05, 3.63) is 41.6 Å². The van der Waals surface area contributed by atoms with Crippen molar-refractivity contribution in [1.29, 1.82) is 0 Å². The first-order chi connectivity index (χ1) is 9.22. The number of carbonyl (C=O) groups excluding carboxylic acids is 1. The van der Waals surface area contributed by atoms with Gasteiger partial charge in [-0.05, 0) is 18.1 Å². The zero-order valence-electron chi connectivity index (χ0n) is 10.6. The van der Waals surface area contributed by atoms with Gasteiger partial charge in [0, 0.05) is 6.54 Å². The molecule has 0 bridgehead atoms. The number of nitrogens with zero attached hydrogens (tertiary/aromatic N) is 1. The summed E-state index contributed by atoms with van der Waals surface area (Å²) in [6.07, 6.45) is 2.10. The van der Waals surface area contributed by atoms with E-state index in [-0.39, 0.29) is 11.7 Å². The van der Waals surface area contributed by atoms with Gasteiger partial charge in [-0.25, -0.2) is 0 Å². The number of aromatic amines is 1. The summed E-state index contributed by atoms with van der Waals surface area (Å²) in [6, 6.07) is 7.71. The third-order valence-corrected chi connectivity index (χ3v) is 2.79. The van der Waals surface area contributed by atoms with Crippen molar-refractivity contribution in [3.8, 4) is 5.75 Å². The van der Waals surface area contributed by atoms with E-state index in [1.807, 2.05) is 24.3 Å². The number of benzene rings is 1. The van der Waals surface area contributed by atoms with Crippen LogP contribution in [0, 0.1) is 0 Å². The van der Waals surface area contributed by atoms with Gasteiger partial charge in [0.1, 0.15) is 17.1 Å². The smallest absolute Gasteiger partial charge is 0.256 e. The maximum atomic E-state index is 11.8. The maximum Gasteiger partial charge on any atom is 0.256 e. The normalized spacial score (nSPS) is 10.2. The molecule has 1 aromatic heterocycles. The Bertz CT molecular complexity index is 565. The average Bonchev–Trinajstić information content (AvgIpc) is 2.85. The van der Waals surface area contributed by atoms with Gasteiger partial charge >= 0.3 is 0 Å². The van der Waals surface area contributed by atoms with Crippen LogP contribution < -0.4 is 15.8 Å². The quantitative estimate of drug-likeness (QED) is 0.747. The van der Waals surface area contributed by atoms with Crippen molar-refractivity contribution in [2.45, 2.75) is 6.42 Å². The number of hydrogen-bond donors (Lipinski definition) is 3. The number of rotatable bonds is 5. The number of nitrogens with two attached hydrogens (primary N) is 1. The molecule has 2 aromatic rings. The summed E-state index contributed by atoms with van der Waals surface area (Å²) in [5.74, 6) is 0.857. The van der Waals surface area contributed by atoms with Crippen LogP contribution in [0.3, 0.4) is 0 Å². The number of amides is 1. The van der Waals surface area contributed by atoms with Crippen LogP contribution in [0.5, 0.6) is 5.75 Å². The molecule has 19 heavy (non-hydrogen) atoms. The average molecular weight is 260 g/mol. The number of anilines is 1. The molecular weight excluding hydrogens is 244 g/mol. The Kier molecular flexibility index (Phi) is 4.02. The van der Waals surface area contributed by atoms with Crippen LogP contribution in [-0.2, 0) is 6.42 Å². The second kappa shape index (κ2) is 5.90. The zero-order valence-corrected chi connectivity index (χ0v) is 10.6. The lowest BCUT2D eigenvalue weighted by Crippen LogP contribution is -2.26. The molecule has 0 atom stereocenters. The van der Waals surface area contributed by atoms with Crippen molar-refractivity contribution in [3.63, 3.8) is 0 Å². The second-order valence-electron chi connectivity index (χ2n) is 4.02. The molecular formula is C13H16N4O2. The van der Waals surface area contributed by atoms with Gasteiger partial charge in [-0.15, -0.1) is 0 Å². The molecule has 1 heterocycles. The van der Waals surface area contributed by atoms with E-state index in [2.05, 4.69) is 15.5 Å². The van der Waals surface area contributed by atoms with Gasteiger partial charge in [-0.1, -0.05) is 18.2 Å². The highest BCUT2D eigenvalue weighted by atomic mass is 16.5. The van der Waals surface area contributed by atoms with Gasteiger partial charge < -0.3 is 15.8 Å². The highest BCUT2D eigenvalue weighted by molar-refractivity contribution is 5.98. The third-order valence-electron chi connectivity index (χ3n) is 2.79. The fourth-order valence-corrected chi connectivity index (χ4v) is 1.79. The topological polar surface area (TPSA) is 93.0 Å². The molecule has 0 aliphatic rings. The van der Waals surface area contributed by atoms with Gasteiger partial charge in [-0.3, -0.25) is 9.89 Å². The van der Waals surface area contributed by atoms with Crippen molar-refractivity contribution in [2.24, 2.45) is 0 Å². The monoisotopic (exact) mass is 260 g/mol. The van der Waals surface area contributed by atoms with Crippen LogP contribution in [-0.4, -0.2) is 29.8 Å². The summed E-state index contributed by atoms with van der Waals surface area (Å²) in [5, 5.41) is 9.02. The molecule has 0 aliphatic heterocycles. The van der Waals surface area contributed by atoms with E-state index in [1.165, 1.54) is 6.20 Å². The standard InChI is InChI=1S/C13H16N4O2/c1-19-11-5-3-2-4-9(11)6-7-15-13(18)10-8-16-17-12(10)14/h2-5,8H,6-7H2,1H3,(H,15,18)(H3,14,16,17). The summed E-state index contributed by atoms with van der Waals surface area (Å²) in [4.78, 5) is 11.8. The van der Waals surface area contributed by atoms with Crippen LogP contribution in [0.1, 0.15) is 15.9 Å². The van der Waals surface area contributed by atoms with E-state index < -0.39 is 0 Å². The molecule has 0 aliphatic carbocycles. The van der Waals surface area contributed by atoms with E-state index in [4.69, 9.17) is 10.5 Å². The molecule has 1 aromatic carbocycles. The summed E-state index contributed by atoms with van der Waals surface area (Å²) in [5.41, 5.74) is 6.98. The summed E-state index contributed by atoms with van der Waals surface area (Å²) in [6.45, 7) is 0.504. The van der Waals surface area contributed by atoms with E-state index in [0.29, 0.717) is 18.5 Å². The van der Waals surface area contributed by atoms with Crippen molar-refractivity contribution in [1.82, 2.24) is 15.5 Å². The molecule has 2 rings (SSSR count). The van der Waals surface area contributed by atoms with Gasteiger partial charge in [0.15, 0.2) is 0 Å². The SMILES string of the molecule is COc1ccccc1CCNC(=O)c1cn[nH]c1N. The second-order valence-corrected chi connectivity index (χ2v) is 4.02. The molecule has 0 unspecified atom stereocenters.